The van der Waals surface area contributed by atoms with Crippen LogP contribution >= 0.6 is 0 Å². The lowest BCUT2D eigenvalue weighted by Gasteiger charge is -2.15. The van der Waals surface area contributed by atoms with Crippen molar-refractivity contribution < 1.29 is 14.3 Å². The van der Waals surface area contributed by atoms with Gasteiger partial charge >= 0.3 is 0 Å². The predicted octanol–water partition coefficient (Wildman–Crippen LogP) is 2.22. The summed E-state index contributed by atoms with van der Waals surface area (Å²) in [5.41, 5.74) is 2.34. The van der Waals surface area contributed by atoms with Crippen LogP contribution in [0.1, 0.15) is 28.4 Å². The van der Waals surface area contributed by atoms with Crippen molar-refractivity contribution in [3.05, 3.63) is 28.8 Å². The van der Waals surface area contributed by atoms with Crippen molar-refractivity contribution in [2.45, 2.75) is 20.0 Å². The van der Waals surface area contributed by atoms with E-state index >= 15 is 0 Å². The Morgan fingerprint density at radius 2 is 2.24 bits per heavy atom. The summed E-state index contributed by atoms with van der Waals surface area (Å²) in [7, 11) is 1.62. The lowest BCUT2D eigenvalue weighted by molar-refractivity contribution is 0.111. The fourth-order valence-electron chi connectivity index (χ4n) is 1.68. The van der Waals surface area contributed by atoms with Gasteiger partial charge in [0, 0.05) is 19.1 Å². The third-order valence-electron chi connectivity index (χ3n) is 2.38. The second kappa shape index (κ2) is 6.72. The minimum atomic E-state index is 0.426. The van der Waals surface area contributed by atoms with Gasteiger partial charge in [-0.2, -0.15) is 0 Å². The van der Waals surface area contributed by atoms with Gasteiger partial charge in [-0.25, -0.2) is 0 Å². The average Bonchev–Trinajstić information content (AvgIpc) is 2.34. The van der Waals surface area contributed by atoms with E-state index in [4.69, 9.17) is 15.9 Å². The first-order valence-corrected chi connectivity index (χ1v) is 5.43. The first-order chi connectivity index (χ1) is 8.28. The molecule has 0 N–H and O–H groups in total. The van der Waals surface area contributed by atoms with Gasteiger partial charge in [-0.1, -0.05) is 6.07 Å². The van der Waals surface area contributed by atoms with E-state index in [1.165, 1.54) is 0 Å². The number of carbonyl (C=O) groups is 1. The van der Waals surface area contributed by atoms with Crippen LogP contribution in [0.15, 0.2) is 12.1 Å². The van der Waals surface area contributed by atoms with Gasteiger partial charge in [0.15, 0.2) is 6.29 Å². The number of benzene rings is 1. The summed E-state index contributed by atoms with van der Waals surface area (Å²) >= 11 is 0. The normalized spacial score (nSPS) is 9.71. The van der Waals surface area contributed by atoms with Crippen LogP contribution < -0.4 is 4.74 Å². The summed E-state index contributed by atoms with van der Waals surface area (Å²) in [6, 6.07) is 3.58. The van der Waals surface area contributed by atoms with Gasteiger partial charge in [-0.3, -0.25) is 4.79 Å². The van der Waals surface area contributed by atoms with E-state index in [-0.39, 0.29) is 0 Å². The Bertz CT molecular complexity index is 430. The molecule has 0 spiro atoms. The highest BCUT2D eigenvalue weighted by Gasteiger charge is 2.13. The molecule has 0 radical (unpaired) electrons. The Hall–Kier alpha value is -1.79. The Kier molecular flexibility index (Phi) is 5.25. The van der Waals surface area contributed by atoms with E-state index in [2.05, 4.69) is 5.92 Å². The molecule has 0 aliphatic carbocycles. The smallest absolute Gasteiger partial charge is 0.153 e. The first-order valence-electron chi connectivity index (χ1n) is 5.43. The van der Waals surface area contributed by atoms with Crippen LogP contribution in [0.2, 0.25) is 0 Å². The van der Waals surface area contributed by atoms with Gasteiger partial charge in [0.1, 0.15) is 5.75 Å². The molecule has 1 aromatic rings. The molecule has 0 saturated heterocycles. The fourth-order valence-corrected chi connectivity index (χ4v) is 1.68. The standard InChI is InChI=1S/C14H16O3/c1-4-6-13-12(10-16-3)8-7-11(9-15)14(13)17-5-2/h1,7-9H,5-6,10H2,2-3H3. The van der Waals surface area contributed by atoms with E-state index in [1.54, 1.807) is 13.2 Å². The third kappa shape index (κ3) is 3.08. The van der Waals surface area contributed by atoms with Crippen molar-refractivity contribution in [2.24, 2.45) is 0 Å². The van der Waals surface area contributed by atoms with Crippen LogP contribution in [0.3, 0.4) is 0 Å². The summed E-state index contributed by atoms with van der Waals surface area (Å²) in [6.07, 6.45) is 6.55. The molecule has 1 aromatic carbocycles. The Morgan fingerprint density at radius 1 is 1.47 bits per heavy atom. The minimum Gasteiger partial charge on any atom is -0.493 e. The molecule has 0 unspecified atom stereocenters. The molecule has 0 bridgehead atoms. The van der Waals surface area contributed by atoms with E-state index in [1.807, 2.05) is 13.0 Å². The first kappa shape index (κ1) is 13.3. The van der Waals surface area contributed by atoms with Crippen molar-refractivity contribution in [1.82, 2.24) is 0 Å². The third-order valence-corrected chi connectivity index (χ3v) is 2.38. The monoisotopic (exact) mass is 232 g/mol. The van der Waals surface area contributed by atoms with E-state index in [0.29, 0.717) is 30.9 Å². The zero-order valence-corrected chi connectivity index (χ0v) is 10.2. The zero-order chi connectivity index (χ0) is 12.7. The second-order valence-electron chi connectivity index (χ2n) is 3.49. The van der Waals surface area contributed by atoms with Crippen LogP contribution in [0, 0.1) is 12.3 Å². The fraction of sp³-hybridized carbons (Fsp3) is 0.357. The van der Waals surface area contributed by atoms with Crippen LogP contribution in [0.4, 0.5) is 0 Å². The molecule has 0 heterocycles. The molecule has 3 heteroatoms. The van der Waals surface area contributed by atoms with Gasteiger partial charge < -0.3 is 9.47 Å². The summed E-state index contributed by atoms with van der Waals surface area (Å²) in [5, 5.41) is 0. The molecule has 0 aliphatic rings. The van der Waals surface area contributed by atoms with Crippen molar-refractivity contribution >= 4 is 6.29 Å². The largest absolute Gasteiger partial charge is 0.493 e. The maximum atomic E-state index is 11.0. The van der Waals surface area contributed by atoms with Gasteiger partial charge in [-0.15, -0.1) is 12.3 Å². The highest BCUT2D eigenvalue weighted by Crippen LogP contribution is 2.27. The number of ether oxygens (including phenoxy) is 2. The SMILES string of the molecule is C#CCc1c(COC)ccc(C=O)c1OCC. The average molecular weight is 232 g/mol. The Labute approximate surface area is 102 Å². The van der Waals surface area contributed by atoms with E-state index < -0.39 is 0 Å². The van der Waals surface area contributed by atoms with Gasteiger partial charge in [0.2, 0.25) is 0 Å². The molecule has 0 amide bonds. The number of hydrogen-bond acceptors (Lipinski definition) is 3. The lowest BCUT2D eigenvalue weighted by atomic mass is 10.0. The number of methoxy groups -OCH3 is 1. The number of carbonyl (C=O) groups excluding carboxylic acids is 1. The maximum Gasteiger partial charge on any atom is 0.153 e. The summed E-state index contributed by atoms with van der Waals surface area (Å²) < 4.78 is 10.6. The molecule has 3 nitrogen and oxygen atoms in total. The van der Waals surface area contributed by atoms with E-state index in [9.17, 15) is 4.79 Å². The highest BCUT2D eigenvalue weighted by molar-refractivity contribution is 5.80. The number of rotatable bonds is 6. The maximum absolute atomic E-state index is 11.0. The summed E-state index contributed by atoms with van der Waals surface area (Å²) in [6.45, 7) is 2.82. The summed E-state index contributed by atoms with van der Waals surface area (Å²) in [4.78, 5) is 11.0. The number of hydrogen-bond donors (Lipinski definition) is 0. The molecular formula is C14H16O3. The van der Waals surface area contributed by atoms with E-state index in [0.717, 1.165) is 17.4 Å². The zero-order valence-electron chi connectivity index (χ0n) is 10.2. The second-order valence-corrected chi connectivity index (χ2v) is 3.49. The quantitative estimate of drug-likeness (QED) is 0.557. The van der Waals surface area contributed by atoms with Crippen molar-refractivity contribution in [1.29, 1.82) is 0 Å². The van der Waals surface area contributed by atoms with Gasteiger partial charge in [0.05, 0.1) is 18.8 Å². The minimum absolute atomic E-state index is 0.426. The molecule has 0 fully saturated rings. The molecule has 0 aromatic heterocycles. The van der Waals surface area contributed by atoms with Crippen molar-refractivity contribution in [3.63, 3.8) is 0 Å². The Balaban J connectivity index is 3.30. The van der Waals surface area contributed by atoms with Crippen molar-refractivity contribution in [3.8, 4) is 18.1 Å². The Morgan fingerprint density at radius 3 is 2.76 bits per heavy atom. The molecule has 90 valence electrons. The molecular weight excluding hydrogens is 216 g/mol. The van der Waals surface area contributed by atoms with Crippen molar-refractivity contribution in [2.75, 3.05) is 13.7 Å². The molecule has 17 heavy (non-hydrogen) atoms. The van der Waals surface area contributed by atoms with Gasteiger partial charge in [0.25, 0.3) is 0 Å². The molecule has 0 saturated carbocycles. The predicted molar refractivity (Wildman–Crippen MR) is 66.2 cm³/mol. The van der Waals surface area contributed by atoms with Gasteiger partial charge in [-0.05, 0) is 18.6 Å². The van der Waals surface area contributed by atoms with Crippen LogP contribution in [-0.4, -0.2) is 20.0 Å². The van der Waals surface area contributed by atoms with Crippen LogP contribution in [0.5, 0.6) is 5.75 Å². The number of aldehydes is 1. The number of terminal acetylenes is 1. The molecule has 1 rings (SSSR count). The summed E-state index contributed by atoms with van der Waals surface area (Å²) in [5.74, 6) is 3.16. The molecule has 0 aliphatic heterocycles. The lowest BCUT2D eigenvalue weighted by Crippen LogP contribution is -2.04. The topological polar surface area (TPSA) is 35.5 Å². The molecule has 0 atom stereocenters. The van der Waals surface area contributed by atoms with Crippen LogP contribution in [0.25, 0.3) is 0 Å². The highest BCUT2D eigenvalue weighted by atomic mass is 16.5. The van der Waals surface area contributed by atoms with Crippen LogP contribution in [-0.2, 0) is 17.8 Å².